The van der Waals surface area contributed by atoms with Gasteiger partial charge in [0.15, 0.2) is 11.5 Å². The number of benzene rings is 4. The fraction of sp³-hybridized carbons (Fsp3) is 0.297. The maximum Gasteiger partial charge on any atom is 0.264 e. The summed E-state index contributed by atoms with van der Waals surface area (Å²) < 4.78 is 40.7. The number of hydrogen-bond donors (Lipinski definition) is 1. The van der Waals surface area contributed by atoms with E-state index in [-0.39, 0.29) is 29.5 Å². The van der Waals surface area contributed by atoms with Gasteiger partial charge in [0.2, 0.25) is 11.8 Å². The number of amides is 2. The van der Waals surface area contributed by atoms with Gasteiger partial charge in [-0.05, 0) is 66.8 Å². The van der Waals surface area contributed by atoms with Gasteiger partial charge in [0.1, 0.15) is 12.6 Å². The molecular formula is C37H43N3O6S. The van der Waals surface area contributed by atoms with E-state index in [0.717, 1.165) is 33.0 Å². The fourth-order valence-electron chi connectivity index (χ4n) is 5.43. The average molecular weight is 658 g/mol. The highest BCUT2D eigenvalue weighted by Gasteiger charge is 2.35. The number of carbonyl (C=O) groups is 2. The first-order chi connectivity index (χ1) is 22.6. The van der Waals surface area contributed by atoms with E-state index >= 15 is 0 Å². The number of anilines is 1. The summed E-state index contributed by atoms with van der Waals surface area (Å²) in [7, 11) is -1.42. The summed E-state index contributed by atoms with van der Waals surface area (Å²) >= 11 is 0. The van der Waals surface area contributed by atoms with Crippen LogP contribution >= 0.6 is 0 Å². The van der Waals surface area contributed by atoms with E-state index in [1.54, 1.807) is 12.1 Å². The van der Waals surface area contributed by atoms with Crippen LogP contribution in [0.1, 0.15) is 35.6 Å². The van der Waals surface area contributed by atoms with Crippen LogP contribution in [0.25, 0.3) is 0 Å². The zero-order chi connectivity index (χ0) is 34.0. The van der Waals surface area contributed by atoms with Crippen molar-refractivity contribution in [2.45, 2.75) is 51.1 Å². The third kappa shape index (κ3) is 8.92. The topological polar surface area (TPSA) is 105 Å². The van der Waals surface area contributed by atoms with Crippen LogP contribution in [-0.4, -0.2) is 58.5 Å². The minimum Gasteiger partial charge on any atom is -0.493 e. The lowest BCUT2D eigenvalue weighted by Gasteiger charge is -2.34. The maximum absolute atomic E-state index is 14.6. The van der Waals surface area contributed by atoms with Gasteiger partial charge in [-0.15, -0.1) is 0 Å². The molecule has 248 valence electrons. The first kappa shape index (κ1) is 35.0. The Morgan fingerprint density at radius 2 is 1.38 bits per heavy atom. The monoisotopic (exact) mass is 657 g/mol. The smallest absolute Gasteiger partial charge is 0.264 e. The molecule has 0 aliphatic heterocycles. The molecule has 10 heteroatoms. The summed E-state index contributed by atoms with van der Waals surface area (Å²) in [5.74, 6) is -0.219. The van der Waals surface area contributed by atoms with Crippen molar-refractivity contribution in [3.8, 4) is 11.5 Å². The zero-order valence-corrected chi connectivity index (χ0v) is 28.4. The molecule has 0 aromatic heterocycles. The van der Waals surface area contributed by atoms with Crippen LogP contribution in [0.4, 0.5) is 5.69 Å². The van der Waals surface area contributed by atoms with Crippen molar-refractivity contribution in [1.29, 1.82) is 0 Å². The molecule has 0 spiro atoms. The lowest BCUT2D eigenvalue weighted by molar-refractivity contribution is -0.140. The summed E-state index contributed by atoms with van der Waals surface area (Å²) in [6.07, 6.45) is 0.974. The Morgan fingerprint density at radius 3 is 1.96 bits per heavy atom. The van der Waals surface area contributed by atoms with E-state index < -0.39 is 28.5 Å². The molecule has 0 radical (unpaired) electrons. The summed E-state index contributed by atoms with van der Waals surface area (Å²) in [4.78, 5) is 29.8. The van der Waals surface area contributed by atoms with Crippen LogP contribution in [-0.2, 0) is 32.6 Å². The van der Waals surface area contributed by atoms with Crippen molar-refractivity contribution >= 4 is 27.5 Å². The number of nitrogens with zero attached hydrogens (tertiary/aromatic N) is 2. The van der Waals surface area contributed by atoms with Crippen molar-refractivity contribution in [1.82, 2.24) is 10.2 Å². The molecule has 0 bridgehead atoms. The van der Waals surface area contributed by atoms with Crippen LogP contribution < -0.4 is 19.1 Å². The van der Waals surface area contributed by atoms with Gasteiger partial charge < -0.3 is 19.7 Å². The predicted molar refractivity (Wildman–Crippen MR) is 184 cm³/mol. The first-order valence-electron chi connectivity index (χ1n) is 15.6. The number of rotatable bonds is 15. The van der Waals surface area contributed by atoms with Gasteiger partial charge in [0.05, 0.1) is 24.8 Å². The lowest BCUT2D eigenvalue weighted by Crippen LogP contribution is -2.53. The highest BCUT2D eigenvalue weighted by molar-refractivity contribution is 7.92. The van der Waals surface area contributed by atoms with Crippen LogP contribution in [0.15, 0.2) is 102 Å². The van der Waals surface area contributed by atoms with Crippen molar-refractivity contribution < 1.29 is 27.5 Å². The summed E-state index contributed by atoms with van der Waals surface area (Å²) in [5.41, 5.74) is 3.69. The summed E-state index contributed by atoms with van der Waals surface area (Å²) in [6, 6.07) is 27.7. The van der Waals surface area contributed by atoms with Gasteiger partial charge in [-0.25, -0.2) is 8.42 Å². The molecule has 0 fully saturated rings. The Bertz CT molecular complexity index is 1740. The molecule has 0 heterocycles. The Balaban J connectivity index is 1.83. The zero-order valence-electron chi connectivity index (χ0n) is 27.6. The van der Waals surface area contributed by atoms with Gasteiger partial charge in [-0.3, -0.25) is 13.9 Å². The second kappa shape index (κ2) is 16.1. The van der Waals surface area contributed by atoms with Crippen molar-refractivity contribution in [3.05, 3.63) is 119 Å². The van der Waals surface area contributed by atoms with E-state index in [0.29, 0.717) is 18.0 Å². The molecule has 0 aliphatic carbocycles. The van der Waals surface area contributed by atoms with E-state index in [1.807, 2.05) is 87.5 Å². The van der Waals surface area contributed by atoms with Gasteiger partial charge >= 0.3 is 0 Å². The standard InChI is InChI=1S/C37H43N3O6S/c1-6-19-38-37(42)33(23-29-13-9-7-10-14-29)39(25-30-15-11-8-12-16-30)36(41)26-40(31-21-27(2)20-28(3)22-31)47(43,44)32-17-18-34(45-4)35(24-32)46-5/h7-18,20-22,24,33H,6,19,23,25-26H2,1-5H3,(H,38,42)/t33-/m1/s1. The minimum absolute atomic E-state index is 0.0711. The molecule has 47 heavy (non-hydrogen) atoms. The molecule has 0 aliphatic rings. The lowest BCUT2D eigenvalue weighted by atomic mass is 10.0. The summed E-state index contributed by atoms with van der Waals surface area (Å²) in [5, 5.41) is 2.96. The number of carbonyl (C=O) groups excluding carboxylic acids is 2. The fourth-order valence-corrected chi connectivity index (χ4v) is 6.84. The van der Waals surface area contributed by atoms with Gasteiger partial charge in [0, 0.05) is 25.6 Å². The van der Waals surface area contributed by atoms with Crippen LogP contribution in [0.5, 0.6) is 11.5 Å². The molecule has 2 amide bonds. The number of sulfonamides is 1. The highest BCUT2D eigenvalue weighted by Crippen LogP contribution is 2.33. The molecule has 0 saturated heterocycles. The molecule has 0 unspecified atom stereocenters. The number of nitrogens with one attached hydrogen (secondary N) is 1. The maximum atomic E-state index is 14.6. The number of aryl methyl sites for hydroxylation is 2. The second-order valence-corrected chi connectivity index (χ2v) is 13.2. The molecule has 9 nitrogen and oxygen atoms in total. The Labute approximate surface area is 278 Å². The minimum atomic E-state index is -4.32. The number of methoxy groups -OCH3 is 2. The molecule has 4 aromatic carbocycles. The quantitative estimate of drug-likeness (QED) is 0.176. The van der Waals surface area contributed by atoms with E-state index in [9.17, 15) is 18.0 Å². The average Bonchev–Trinajstić information content (AvgIpc) is 3.07. The second-order valence-electron chi connectivity index (χ2n) is 11.4. The third-order valence-electron chi connectivity index (χ3n) is 7.73. The van der Waals surface area contributed by atoms with Gasteiger partial charge in [0.25, 0.3) is 10.0 Å². The molecule has 0 saturated carbocycles. The number of ether oxygens (including phenoxy) is 2. The van der Waals surface area contributed by atoms with Crippen LogP contribution in [0.3, 0.4) is 0 Å². The predicted octanol–water partition coefficient (Wildman–Crippen LogP) is 5.68. The first-order valence-corrected chi connectivity index (χ1v) is 17.0. The number of hydrogen-bond acceptors (Lipinski definition) is 6. The Kier molecular flexibility index (Phi) is 12.0. The van der Waals surface area contributed by atoms with Crippen LogP contribution in [0.2, 0.25) is 0 Å². The third-order valence-corrected chi connectivity index (χ3v) is 9.50. The van der Waals surface area contributed by atoms with Crippen molar-refractivity contribution in [3.63, 3.8) is 0 Å². The molecular weight excluding hydrogens is 614 g/mol. The van der Waals surface area contributed by atoms with Gasteiger partial charge in [-0.1, -0.05) is 73.7 Å². The molecule has 1 atom stereocenters. The Hall–Kier alpha value is -4.83. The highest BCUT2D eigenvalue weighted by atomic mass is 32.2. The molecule has 1 N–H and O–H groups in total. The normalized spacial score (nSPS) is 11.8. The molecule has 4 rings (SSSR count). The van der Waals surface area contributed by atoms with Gasteiger partial charge in [-0.2, -0.15) is 0 Å². The molecule has 4 aromatic rings. The van der Waals surface area contributed by atoms with Crippen molar-refractivity contribution in [2.24, 2.45) is 0 Å². The SMILES string of the molecule is CCCNC(=O)[C@@H](Cc1ccccc1)N(Cc1ccccc1)C(=O)CN(c1cc(C)cc(C)c1)S(=O)(=O)c1ccc(OC)c(OC)c1. The van der Waals surface area contributed by atoms with E-state index in [4.69, 9.17) is 9.47 Å². The van der Waals surface area contributed by atoms with Crippen molar-refractivity contribution in [2.75, 3.05) is 31.6 Å². The van der Waals surface area contributed by atoms with Crippen LogP contribution in [0, 0.1) is 13.8 Å². The summed E-state index contributed by atoms with van der Waals surface area (Å²) in [6.45, 7) is 5.71. The largest absolute Gasteiger partial charge is 0.493 e. The van der Waals surface area contributed by atoms with E-state index in [2.05, 4.69) is 5.32 Å². The Morgan fingerprint density at radius 1 is 0.787 bits per heavy atom. The van der Waals surface area contributed by atoms with E-state index in [1.165, 1.54) is 37.3 Å².